The number of hydrogen-bond acceptors (Lipinski definition) is 4. The lowest BCUT2D eigenvalue weighted by Gasteiger charge is -1.97. The van der Waals surface area contributed by atoms with E-state index in [1.807, 2.05) is 6.08 Å². The molecule has 80 valence electrons. The molecule has 1 heterocycles. The topological polar surface area (TPSA) is 82.0 Å². The maximum absolute atomic E-state index is 10.6. The average molecular weight is 207 g/mol. The minimum Gasteiger partial charge on any atom is -0.330 e. The summed E-state index contributed by atoms with van der Waals surface area (Å²) < 4.78 is 0. The van der Waals surface area contributed by atoms with Crippen LogP contribution in [0.1, 0.15) is 17.7 Å². The standard InChI is InChI=1S/C10H13N3O2/c1-8-10(13(14)15)6-9(7-12-8)4-2-3-5-11/h2,4,6-7H,3,5,11H2,1H3. The zero-order valence-electron chi connectivity index (χ0n) is 8.51. The molecule has 0 aliphatic heterocycles. The fourth-order valence-electron chi connectivity index (χ4n) is 1.13. The van der Waals surface area contributed by atoms with Crippen molar-refractivity contribution in [2.45, 2.75) is 13.3 Å². The third-order valence-electron chi connectivity index (χ3n) is 1.92. The van der Waals surface area contributed by atoms with E-state index in [4.69, 9.17) is 5.73 Å². The molecule has 0 atom stereocenters. The van der Waals surface area contributed by atoms with E-state index in [0.717, 1.165) is 12.0 Å². The molecule has 0 bridgehead atoms. The Hall–Kier alpha value is -1.75. The van der Waals surface area contributed by atoms with E-state index in [-0.39, 0.29) is 5.69 Å². The molecule has 5 heteroatoms. The predicted octanol–water partition coefficient (Wildman–Crippen LogP) is 1.66. The summed E-state index contributed by atoms with van der Waals surface area (Å²) in [7, 11) is 0. The lowest BCUT2D eigenvalue weighted by Crippen LogP contribution is -1.96. The van der Waals surface area contributed by atoms with Crippen LogP contribution in [0, 0.1) is 17.0 Å². The summed E-state index contributed by atoms with van der Waals surface area (Å²) in [4.78, 5) is 14.2. The van der Waals surface area contributed by atoms with Gasteiger partial charge in [0.1, 0.15) is 5.69 Å². The molecule has 2 N–H and O–H groups in total. The van der Waals surface area contributed by atoms with Crippen molar-refractivity contribution < 1.29 is 4.92 Å². The predicted molar refractivity (Wildman–Crippen MR) is 58.3 cm³/mol. The average Bonchev–Trinajstić information content (AvgIpc) is 2.20. The SMILES string of the molecule is Cc1ncc(C=CCCN)cc1[N+](=O)[O-]. The molecule has 15 heavy (non-hydrogen) atoms. The highest BCUT2D eigenvalue weighted by Crippen LogP contribution is 2.17. The second-order valence-electron chi connectivity index (χ2n) is 3.11. The van der Waals surface area contributed by atoms with E-state index >= 15 is 0 Å². The summed E-state index contributed by atoms with van der Waals surface area (Å²) in [6.45, 7) is 2.18. The van der Waals surface area contributed by atoms with Crippen LogP contribution < -0.4 is 5.73 Å². The number of nitrogens with two attached hydrogens (primary N) is 1. The first-order valence-electron chi connectivity index (χ1n) is 4.63. The Morgan fingerprint density at radius 2 is 2.40 bits per heavy atom. The van der Waals surface area contributed by atoms with Crippen molar-refractivity contribution in [3.05, 3.63) is 39.7 Å². The summed E-state index contributed by atoms with van der Waals surface area (Å²) in [6, 6.07) is 1.51. The first-order valence-corrected chi connectivity index (χ1v) is 4.63. The van der Waals surface area contributed by atoms with Crippen LogP contribution in [-0.2, 0) is 0 Å². The largest absolute Gasteiger partial charge is 0.330 e. The molecular weight excluding hydrogens is 194 g/mol. The third-order valence-corrected chi connectivity index (χ3v) is 1.92. The highest BCUT2D eigenvalue weighted by molar-refractivity contribution is 5.53. The molecule has 1 rings (SSSR count). The zero-order valence-corrected chi connectivity index (χ0v) is 8.51. The first kappa shape index (κ1) is 11.3. The molecule has 5 nitrogen and oxygen atoms in total. The molecule has 1 aromatic heterocycles. The Kier molecular flexibility index (Phi) is 3.93. The molecule has 0 aliphatic carbocycles. The minimum absolute atomic E-state index is 0.0462. The molecule has 0 aliphatic rings. The molecule has 0 fully saturated rings. The summed E-state index contributed by atoms with van der Waals surface area (Å²) in [5.74, 6) is 0. The molecular formula is C10H13N3O2. The number of pyridine rings is 1. The van der Waals surface area contributed by atoms with Gasteiger partial charge in [0.15, 0.2) is 0 Å². The Labute approximate surface area is 87.8 Å². The van der Waals surface area contributed by atoms with Crippen molar-refractivity contribution >= 4 is 11.8 Å². The molecule has 0 saturated heterocycles. The Balaban J connectivity index is 2.92. The van der Waals surface area contributed by atoms with Crippen molar-refractivity contribution in [3.63, 3.8) is 0 Å². The summed E-state index contributed by atoms with van der Waals surface area (Å²) in [5.41, 5.74) is 6.52. The fraction of sp³-hybridized carbons (Fsp3) is 0.300. The van der Waals surface area contributed by atoms with Crippen LogP contribution in [0.3, 0.4) is 0 Å². The lowest BCUT2D eigenvalue weighted by molar-refractivity contribution is -0.385. The molecule has 0 unspecified atom stereocenters. The van der Waals surface area contributed by atoms with Crippen molar-refractivity contribution in [1.82, 2.24) is 4.98 Å². The van der Waals surface area contributed by atoms with Crippen LogP contribution in [0.2, 0.25) is 0 Å². The Morgan fingerprint density at radius 1 is 1.67 bits per heavy atom. The highest BCUT2D eigenvalue weighted by Gasteiger charge is 2.10. The quantitative estimate of drug-likeness (QED) is 0.601. The zero-order chi connectivity index (χ0) is 11.3. The van der Waals surface area contributed by atoms with Gasteiger partial charge in [-0.2, -0.15) is 0 Å². The van der Waals surface area contributed by atoms with E-state index in [0.29, 0.717) is 12.2 Å². The molecule has 0 radical (unpaired) electrons. The van der Waals surface area contributed by atoms with Gasteiger partial charge in [0.05, 0.1) is 4.92 Å². The van der Waals surface area contributed by atoms with Crippen LogP contribution in [0.25, 0.3) is 6.08 Å². The smallest absolute Gasteiger partial charge is 0.291 e. The van der Waals surface area contributed by atoms with Gasteiger partial charge in [-0.3, -0.25) is 15.1 Å². The third kappa shape index (κ3) is 3.14. The lowest BCUT2D eigenvalue weighted by atomic mass is 10.2. The Bertz CT molecular complexity index is 388. The minimum atomic E-state index is -0.428. The normalized spacial score (nSPS) is 10.8. The van der Waals surface area contributed by atoms with Gasteiger partial charge in [-0.05, 0) is 25.5 Å². The first-order chi connectivity index (χ1) is 7.15. The van der Waals surface area contributed by atoms with Gasteiger partial charge < -0.3 is 5.73 Å². The van der Waals surface area contributed by atoms with Crippen LogP contribution in [0.15, 0.2) is 18.3 Å². The Morgan fingerprint density at radius 3 is 3.00 bits per heavy atom. The van der Waals surface area contributed by atoms with Crippen molar-refractivity contribution in [1.29, 1.82) is 0 Å². The van der Waals surface area contributed by atoms with Crippen molar-refractivity contribution in [2.75, 3.05) is 6.54 Å². The van der Waals surface area contributed by atoms with Gasteiger partial charge in [-0.25, -0.2) is 0 Å². The van der Waals surface area contributed by atoms with E-state index in [1.54, 1.807) is 19.2 Å². The summed E-state index contributed by atoms with van der Waals surface area (Å²) >= 11 is 0. The highest BCUT2D eigenvalue weighted by atomic mass is 16.6. The number of hydrogen-bond donors (Lipinski definition) is 1. The van der Waals surface area contributed by atoms with Gasteiger partial charge in [0.25, 0.3) is 5.69 Å². The van der Waals surface area contributed by atoms with E-state index in [1.165, 1.54) is 6.07 Å². The summed E-state index contributed by atoms with van der Waals surface area (Å²) in [6.07, 6.45) is 6.01. The van der Waals surface area contributed by atoms with Crippen molar-refractivity contribution in [2.24, 2.45) is 5.73 Å². The summed E-state index contributed by atoms with van der Waals surface area (Å²) in [5, 5.41) is 10.6. The van der Waals surface area contributed by atoms with Crippen molar-refractivity contribution in [3.8, 4) is 0 Å². The van der Waals surface area contributed by atoms with E-state index in [2.05, 4.69) is 4.98 Å². The van der Waals surface area contributed by atoms with Crippen LogP contribution >= 0.6 is 0 Å². The number of aromatic nitrogens is 1. The van der Waals surface area contributed by atoms with Crippen LogP contribution in [-0.4, -0.2) is 16.5 Å². The molecule has 0 amide bonds. The molecule has 0 spiro atoms. The number of nitro groups is 1. The maximum atomic E-state index is 10.6. The van der Waals surface area contributed by atoms with Gasteiger partial charge in [-0.15, -0.1) is 0 Å². The second kappa shape index (κ2) is 5.21. The van der Waals surface area contributed by atoms with Crippen LogP contribution in [0.5, 0.6) is 0 Å². The van der Waals surface area contributed by atoms with Gasteiger partial charge in [0.2, 0.25) is 0 Å². The van der Waals surface area contributed by atoms with Gasteiger partial charge in [0, 0.05) is 12.3 Å². The number of aryl methyl sites for hydroxylation is 1. The number of rotatable bonds is 4. The maximum Gasteiger partial charge on any atom is 0.291 e. The van der Waals surface area contributed by atoms with Gasteiger partial charge >= 0.3 is 0 Å². The molecule has 1 aromatic rings. The van der Waals surface area contributed by atoms with Crippen LogP contribution in [0.4, 0.5) is 5.69 Å². The van der Waals surface area contributed by atoms with E-state index in [9.17, 15) is 10.1 Å². The van der Waals surface area contributed by atoms with Gasteiger partial charge in [-0.1, -0.05) is 12.2 Å². The monoisotopic (exact) mass is 207 g/mol. The fourth-order valence-corrected chi connectivity index (χ4v) is 1.13. The molecule has 0 saturated carbocycles. The second-order valence-corrected chi connectivity index (χ2v) is 3.11. The number of nitrogens with zero attached hydrogens (tertiary/aromatic N) is 2. The van der Waals surface area contributed by atoms with E-state index < -0.39 is 4.92 Å². The molecule has 0 aromatic carbocycles.